The molecule has 3 heteroatoms. The molecule has 0 aromatic heterocycles. The van der Waals surface area contributed by atoms with Crippen LogP contribution in [0.25, 0.3) is 0 Å². The molecule has 3 nitrogen and oxygen atoms in total. The standard InChI is InChI=1S/C11H21NO2/c1-13-10-5-2-4-9(10)11(8-12)6-3-7-14-11/h9-10H,2-8,12H2,1H3. The third-order valence-corrected chi connectivity index (χ3v) is 3.91. The van der Waals surface area contributed by atoms with Crippen molar-refractivity contribution in [3.63, 3.8) is 0 Å². The first-order valence-electron chi connectivity index (χ1n) is 5.69. The van der Waals surface area contributed by atoms with E-state index in [-0.39, 0.29) is 5.60 Å². The number of hydrogen-bond acceptors (Lipinski definition) is 3. The van der Waals surface area contributed by atoms with Crippen LogP contribution in [0.1, 0.15) is 32.1 Å². The molecule has 2 N–H and O–H groups in total. The first-order valence-corrected chi connectivity index (χ1v) is 5.69. The molecule has 82 valence electrons. The highest BCUT2D eigenvalue weighted by Crippen LogP contribution is 2.42. The quantitative estimate of drug-likeness (QED) is 0.745. The van der Waals surface area contributed by atoms with Gasteiger partial charge in [-0.25, -0.2) is 0 Å². The Bertz CT molecular complexity index is 190. The molecule has 3 atom stereocenters. The van der Waals surface area contributed by atoms with Crippen molar-refractivity contribution < 1.29 is 9.47 Å². The lowest BCUT2D eigenvalue weighted by Gasteiger charge is -2.36. The molecule has 0 aromatic rings. The Morgan fingerprint density at radius 2 is 2.29 bits per heavy atom. The molecule has 3 unspecified atom stereocenters. The van der Waals surface area contributed by atoms with E-state index in [4.69, 9.17) is 15.2 Å². The van der Waals surface area contributed by atoms with Crippen LogP contribution in [-0.2, 0) is 9.47 Å². The van der Waals surface area contributed by atoms with E-state index in [2.05, 4.69) is 0 Å². The van der Waals surface area contributed by atoms with E-state index in [1.165, 1.54) is 19.3 Å². The average Bonchev–Trinajstić information content (AvgIpc) is 2.86. The summed E-state index contributed by atoms with van der Waals surface area (Å²) in [6, 6.07) is 0. The number of hydrogen-bond donors (Lipinski definition) is 1. The fourth-order valence-corrected chi connectivity index (χ4v) is 3.13. The maximum atomic E-state index is 5.90. The fourth-order valence-electron chi connectivity index (χ4n) is 3.13. The second-order valence-electron chi connectivity index (χ2n) is 4.53. The zero-order valence-corrected chi connectivity index (χ0v) is 9.00. The SMILES string of the molecule is COC1CCCC1C1(CN)CCCO1. The van der Waals surface area contributed by atoms with Crippen LogP contribution in [0, 0.1) is 5.92 Å². The maximum Gasteiger partial charge on any atom is 0.0857 e. The fraction of sp³-hybridized carbons (Fsp3) is 1.00. The molecule has 1 aliphatic heterocycles. The largest absolute Gasteiger partial charge is 0.381 e. The van der Waals surface area contributed by atoms with Gasteiger partial charge in [-0.1, -0.05) is 6.42 Å². The highest BCUT2D eigenvalue weighted by atomic mass is 16.5. The van der Waals surface area contributed by atoms with Crippen molar-refractivity contribution in [3.05, 3.63) is 0 Å². The summed E-state index contributed by atoms with van der Waals surface area (Å²) < 4.78 is 11.4. The van der Waals surface area contributed by atoms with Gasteiger partial charge in [-0.05, 0) is 25.7 Å². The Morgan fingerprint density at radius 1 is 1.43 bits per heavy atom. The van der Waals surface area contributed by atoms with Gasteiger partial charge in [-0.3, -0.25) is 0 Å². The van der Waals surface area contributed by atoms with Crippen molar-refractivity contribution in [2.45, 2.75) is 43.8 Å². The molecule has 0 amide bonds. The predicted molar refractivity (Wildman–Crippen MR) is 55.1 cm³/mol. The lowest BCUT2D eigenvalue weighted by Crippen LogP contribution is -2.47. The van der Waals surface area contributed by atoms with Gasteiger partial charge in [-0.15, -0.1) is 0 Å². The first kappa shape index (κ1) is 10.4. The zero-order chi connectivity index (χ0) is 10.0. The van der Waals surface area contributed by atoms with Crippen LogP contribution in [0.3, 0.4) is 0 Å². The van der Waals surface area contributed by atoms with Gasteiger partial charge in [0, 0.05) is 26.2 Å². The second-order valence-corrected chi connectivity index (χ2v) is 4.53. The minimum atomic E-state index is -0.0584. The minimum Gasteiger partial charge on any atom is -0.381 e. The summed E-state index contributed by atoms with van der Waals surface area (Å²) >= 11 is 0. The van der Waals surface area contributed by atoms with Gasteiger partial charge in [0.25, 0.3) is 0 Å². The molecule has 2 fully saturated rings. The number of ether oxygens (including phenoxy) is 2. The summed E-state index contributed by atoms with van der Waals surface area (Å²) in [6.07, 6.45) is 6.30. The average molecular weight is 199 g/mol. The lowest BCUT2D eigenvalue weighted by molar-refractivity contribution is -0.0793. The summed E-state index contributed by atoms with van der Waals surface area (Å²) in [6.45, 7) is 1.53. The smallest absolute Gasteiger partial charge is 0.0857 e. The van der Waals surface area contributed by atoms with E-state index in [1.807, 2.05) is 7.11 Å². The monoisotopic (exact) mass is 199 g/mol. The van der Waals surface area contributed by atoms with Gasteiger partial charge in [0.15, 0.2) is 0 Å². The van der Waals surface area contributed by atoms with E-state index in [9.17, 15) is 0 Å². The molecule has 0 spiro atoms. The molecule has 1 saturated carbocycles. The number of methoxy groups -OCH3 is 1. The summed E-state index contributed by atoms with van der Waals surface area (Å²) in [5.41, 5.74) is 5.83. The highest BCUT2D eigenvalue weighted by molar-refractivity contribution is 4.98. The van der Waals surface area contributed by atoms with E-state index >= 15 is 0 Å². The molecule has 1 aliphatic carbocycles. The van der Waals surface area contributed by atoms with Crippen LogP contribution in [0.15, 0.2) is 0 Å². The van der Waals surface area contributed by atoms with E-state index < -0.39 is 0 Å². The van der Waals surface area contributed by atoms with Crippen molar-refractivity contribution in [1.29, 1.82) is 0 Å². The molecule has 2 aliphatic rings. The molecular formula is C11H21NO2. The van der Waals surface area contributed by atoms with Gasteiger partial charge in [0.2, 0.25) is 0 Å². The summed E-state index contributed by atoms with van der Waals surface area (Å²) in [7, 11) is 1.81. The Labute approximate surface area is 85.9 Å². The van der Waals surface area contributed by atoms with Crippen molar-refractivity contribution in [1.82, 2.24) is 0 Å². The molecule has 2 rings (SSSR count). The summed E-state index contributed by atoms with van der Waals surface area (Å²) in [4.78, 5) is 0. The van der Waals surface area contributed by atoms with Gasteiger partial charge < -0.3 is 15.2 Å². The predicted octanol–water partition coefficient (Wildman–Crippen LogP) is 1.31. The van der Waals surface area contributed by atoms with Crippen LogP contribution in [0.2, 0.25) is 0 Å². The zero-order valence-electron chi connectivity index (χ0n) is 9.00. The van der Waals surface area contributed by atoms with Crippen LogP contribution < -0.4 is 5.73 Å². The molecule has 0 aromatic carbocycles. The molecule has 14 heavy (non-hydrogen) atoms. The molecular weight excluding hydrogens is 178 g/mol. The number of rotatable bonds is 3. The molecule has 1 saturated heterocycles. The minimum absolute atomic E-state index is 0.0584. The van der Waals surface area contributed by atoms with Crippen LogP contribution in [-0.4, -0.2) is 32.0 Å². The number of nitrogens with two attached hydrogens (primary N) is 1. The third kappa shape index (κ3) is 1.58. The topological polar surface area (TPSA) is 44.5 Å². The third-order valence-electron chi connectivity index (χ3n) is 3.91. The van der Waals surface area contributed by atoms with Gasteiger partial charge in [0.05, 0.1) is 11.7 Å². The maximum absolute atomic E-state index is 5.90. The normalized spacial score (nSPS) is 43.3. The van der Waals surface area contributed by atoms with Crippen molar-refractivity contribution in [2.24, 2.45) is 11.7 Å². The van der Waals surface area contributed by atoms with Gasteiger partial charge in [-0.2, -0.15) is 0 Å². The van der Waals surface area contributed by atoms with Crippen molar-refractivity contribution >= 4 is 0 Å². The van der Waals surface area contributed by atoms with E-state index in [0.29, 0.717) is 18.6 Å². The molecule has 0 bridgehead atoms. The first-order chi connectivity index (χ1) is 6.82. The second kappa shape index (κ2) is 4.17. The Kier molecular flexibility index (Phi) is 3.10. The Morgan fingerprint density at radius 3 is 2.86 bits per heavy atom. The highest BCUT2D eigenvalue weighted by Gasteiger charge is 2.47. The van der Waals surface area contributed by atoms with Gasteiger partial charge >= 0.3 is 0 Å². The lowest BCUT2D eigenvalue weighted by atomic mass is 9.82. The summed E-state index contributed by atoms with van der Waals surface area (Å²) in [5.74, 6) is 0.528. The molecule has 1 heterocycles. The summed E-state index contributed by atoms with van der Waals surface area (Å²) in [5, 5.41) is 0. The van der Waals surface area contributed by atoms with Gasteiger partial charge in [0.1, 0.15) is 0 Å². The van der Waals surface area contributed by atoms with Crippen LogP contribution in [0.5, 0.6) is 0 Å². The van der Waals surface area contributed by atoms with Crippen LogP contribution >= 0.6 is 0 Å². The Balaban J connectivity index is 2.10. The molecule has 0 radical (unpaired) electrons. The van der Waals surface area contributed by atoms with E-state index in [1.54, 1.807) is 0 Å². The Hall–Kier alpha value is -0.120. The van der Waals surface area contributed by atoms with Crippen molar-refractivity contribution in [3.8, 4) is 0 Å². The van der Waals surface area contributed by atoms with E-state index in [0.717, 1.165) is 19.4 Å². The van der Waals surface area contributed by atoms with Crippen molar-refractivity contribution in [2.75, 3.05) is 20.3 Å². The van der Waals surface area contributed by atoms with Crippen LogP contribution in [0.4, 0.5) is 0 Å².